The summed E-state index contributed by atoms with van der Waals surface area (Å²) in [5.74, 6) is 0.906. The normalized spacial score (nSPS) is 20.1. The topological polar surface area (TPSA) is 39.7 Å². The Morgan fingerprint density at radius 2 is 2.12 bits per heavy atom. The molecule has 4 nitrogen and oxygen atoms in total. The van der Waals surface area contributed by atoms with Crippen LogP contribution in [0.25, 0.3) is 0 Å². The van der Waals surface area contributed by atoms with Crippen LogP contribution >= 0.6 is 0 Å². The summed E-state index contributed by atoms with van der Waals surface area (Å²) in [6.45, 7) is 3.76. The van der Waals surface area contributed by atoms with E-state index in [-0.39, 0.29) is 6.29 Å². The molecule has 1 aliphatic rings. The lowest BCUT2D eigenvalue weighted by Gasteiger charge is -2.23. The predicted molar refractivity (Wildman–Crippen MR) is 65.1 cm³/mol. The van der Waals surface area contributed by atoms with Gasteiger partial charge in [-0.25, -0.2) is 0 Å². The maximum Gasteiger partial charge on any atom is 0.169 e. The van der Waals surface area contributed by atoms with Gasteiger partial charge in [0.1, 0.15) is 5.75 Å². The van der Waals surface area contributed by atoms with Crippen LogP contribution in [0.1, 0.15) is 6.42 Å². The third-order valence-corrected chi connectivity index (χ3v) is 2.50. The molecular formula is C13H19NO3. The largest absolute Gasteiger partial charge is 0.494 e. The van der Waals surface area contributed by atoms with Crippen molar-refractivity contribution in [1.29, 1.82) is 0 Å². The van der Waals surface area contributed by atoms with Gasteiger partial charge in [-0.05, 0) is 12.1 Å². The summed E-state index contributed by atoms with van der Waals surface area (Å²) < 4.78 is 16.5. The Labute approximate surface area is 102 Å². The molecule has 1 N–H and O–H groups in total. The highest BCUT2D eigenvalue weighted by Gasteiger charge is 2.12. The molecule has 1 heterocycles. The van der Waals surface area contributed by atoms with Crippen molar-refractivity contribution in [2.75, 3.05) is 32.9 Å². The van der Waals surface area contributed by atoms with Crippen molar-refractivity contribution >= 4 is 0 Å². The molecule has 0 aromatic heterocycles. The second-order valence-electron chi connectivity index (χ2n) is 3.89. The number of morpholine rings is 1. The van der Waals surface area contributed by atoms with E-state index in [4.69, 9.17) is 14.2 Å². The van der Waals surface area contributed by atoms with Crippen LogP contribution in [0.4, 0.5) is 0 Å². The number of rotatable bonds is 6. The summed E-state index contributed by atoms with van der Waals surface area (Å²) in [6, 6.07) is 9.81. The summed E-state index contributed by atoms with van der Waals surface area (Å²) in [7, 11) is 0. The molecule has 1 fully saturated rings. The van der Waals surface area contributed by atoms with Crippen molar-refractivity contribution in [2.45, 2.75) is 12.7 Å². The number of hydrogen-bond acceptors (Lipinski definition) is 4. The van der Waals surface area contributed by atoms with Gasteiger partial charge >= 0.3 is 0 Å². The van der Waals surface area contributed by atoms with Gasteiger partial charge in [-0.15, -0.1) is 0 Å². The molecule has 0 amide bonds. The summed E-state index contributed by atoms with van der Waals surface area (Å²) in [4.78, 5) is 0. The second-order valence-corrected chi connectivity index (χ2v) is 3.89. The second kappa shape index (κ2) is 7.27. The number of nitrogens with one attached hydrogen (secondary N) is 1. The zero-order chi connectivity index (χ0) is 11.8. The number of hydrogen-bond donors (Lipinski definition) is 1. The van der Waals surface area contributed by atoms with Gasteiger partial charge in [-0.3, -0.25) is 0 Å². The van der Waals surface area contributed by atoms with Crippen LogP contribution in [-0.4, -0.2) is 39.2 Å². The van der Waals surface area contributed by atoms with E-state index in [1.165, 1.54) is 0 Å². The van der Waals surface area contributed by atoms with E-state index in [0.717, 1.165) is 31.9 Å². The number of ether oxygens (including phenoxy) is 3. The highest BCUT2D eigenvalue weighted by Crippen LogP contribution is 2.08. The zero-order valence-electron chi connectivity index (χ0n) is 9.93. The van der Waals surface area contributed by atoms with Crippen molar-refractivity contribution in [3.63, 3.8) is 0 Å². The van der Waals surface area contributed by atoms with Crippen molar-refractivity contribution in [1.82, 2.24) is 5.32 Å². The molecule has 0 radical (unpaired) electrons. The lowest BCUT2D eigenvalue weighted by molar-refractivity contribution is -0.154. The van der Waals surface area contributed by atoms with Crippen LogP contribution in [0.5, 0.6) is 5.75 Å². The van der Waals surface area contributed by atoms with Gasteiger partial charge in [0.2, 0.25) is 0 Å². The van der Waals surface area contributed by atoms with Gasteiger partial charge in [0, 0.05) is 19.5 Å². The molecule has 1 aliphatic heterocycles. The molecule has 94 valence electrons. The Balaban J connectivity index is 1.51. The highest BCUT2D eigenvalue weighted by atomic mass is 16.7. The van der Waals surface area contributed by atoms with Gasteiger partial charge in [0.05, 0.1) is 19.8 Å². The monoisotopic (exact) mass is 237 g/mol. The first-order valence-electron chi connectivity index (χ1n) is 6.07. The first kappa shape index (κ1) is 12.4. The lowest BCUT2D eigenvalue weighted by atomic mass is 10.3. The van der Waals surface area contributed by atoms with Crippen LogP contribution in [0.3, 0.4) is 0 Å². The van der Waals surface area contributed by atoms with E-state index in [2.05, 4.69) is 5.32 Å². The molecule has 1 unspecified atom stereocenters. The molecule has 1 aromatic rings. The molecule has 0 saturated carbocycles. The molecule has 1 saturated heterocycles. The maximum absolute atomic E-state index is 5.56. The van der Waals surface area contributed by atoms with Gasteiger partial charge in [-0.2, -0.15) is 0 Å². The standard InChI is InChI=1S/C13H19NO3/c1-2-5-12(6-3-1)15-8-4-9-16-13-11-14-7-10-17-13/h1-3,5-6,13-14H,4,7-11H2. The first-order chi connectivity index (χ1) is 8.45. The van der Waals surface area contributed by atoms with Crippen molar-refractivity contribution in [3.05, 3.63) is 30.3 Å². The van der Waals surface area contributed by atoms with Crippen molar-refractivity contribution in [3.8, 4) is 5.75 Å². The number of benzene rings is 1. The smallest absolute Gasteiger partial charge is 0.169 e. The molecule has 0 spiro atoms. The fraction of sp³-hybridized carbons (Fsp3) is 0.538. The minimum Gasteiger partial charge on any atom is -0.494 e. The van der Waals surface area contributed by atoms with Gasteiger partial charge in [0.25, 0.3) is 0 Å². The third kappa shape index (κ3) is 4.73. The molecular weight excluding hydrogens is 218 g/mol. The minimum atomic E-state index is -0.0968. The van der Waals surface area contributed by atoms with E-state index in [0.29, 0.717) is 13.2 Å². The van der Waals surface area contributed by atoms with Crippen LogP contribution in [-0.2, 0) is 9.47 Å². The molecule has 1 atom stereocenters. The Bertz CT molecular complexity index is 299. The zero-order valence-corrected chi connectivity index (χ0v) is 9.93. The van der Waals surface area contributed by atoms with Crippen LogP contribution in [0, 0.1) is 0 Å². The van der Waals surface area contributed by atoms with Gasteiger partial charge in [-0.1, -0.05) is 18.2 Å². The van der Waals surface area contributed by atoms with Gasteiger partial charge < -0.3 is 19.5 Å². The molecule has 0 aliphatic carbocycles. The minimum absolute atomic E-state index is 0.0968. The Morgan fingerprint density at radius 1 is 1.24 bits per heavy atom. The van der Waals surface area contributed by atoms with Gasteiger partial charge in [0.15, 0.2) is 6.29 Å². The lowest BCUT2D eigenvalue weighted by Crippen LogP contribution is -2.40. The fourth-order valence-corrected chi connectivity index (χ4v) is 1.63. The number of para-hydroxylation sites is 1. The predicted octanol–water partition coefficient (Wildman–Crippen LogP) is 1.42. The van der Waals surface area contributed by atoms with E-state index in [1.807, 2.05) is 30.3 Å². The SMILES string of the molecule is c1ccc(OCCCOC2CNCCO2)cc1. The fourth-order valence-electron chi connectivity index (χ4n) is 1.63. The molecule has 4 heteroatoms. The summed E-state index contributed by atoms with van der Waals surface area (Å²) >= 11 is 0. The van der Waals surface area contributed by atoms with E-state index in [1.54, 1.807) is 0 Å². The molecule has 2 rings (SSSR count). The van der Waals surface area contributed by atoms with E-state index < -0.39 is 0 Å². The Kier molecular flexibility index (Phi) is 5.29. The van der Waals surface area contributed by atoms with Crippen molar-refractivity contribution < 1.29 is 14.2 Å². The average Bonchev–Trinajstić information content (AvgIpc) is 2.41. The highest BCUT2D eigenvalue weighted by molar-refractivity contribution is 5.20. The molecule has 1 aromatic carbocycles. The average molecular weight is 237 g/mol. The van der Waals surface area contributed by atoms with E-state index >= 15 is 0 Å². The Hall–Kier alpha value is -1.10. The van der Waals surface area contributed by atoms with Crippen LogP contribution in [0.2, 0.25) is 0 Å². The third-order valence-electron chi connectivity index (χ3n) is 2.50. The summed E-state index contributed by atoms with van der Waals surface area (Å²) in [5.41, 5.74) is 0. The Morgan fingerprint density at radius 3 is 2.88 bits per heavy atom. The van der Waals surface area contributed by atoms with Crippen LogP contribution in [0.15, 0.2) is 30.3 Å². The first-order valence-corrected chi connectivity index (χ1v) is 6.07. The van der Waals surface area contributed by atoms with Crippen LogP contribution < -0.4 is 10.1 Å². The van der Waals surface area contributed by atoms with Crippen molar-refractivity contribution in [2.24, 2.45) is 0 Å². The quantitative estimate of drug-likeness (QED) is 0.760. The molecule has 17 heavy (non-hydrogen) atoms. The van der Waals surface area contributed by atoms with E-state index in [9.17, 15) is 0 Å². The maximum atomic E-state index is 5.56. The summed E-state index contributed by atoms with van der Waals surface area (Å²) in [6.07, 6.45) is 0.773. The molecule has 0 bridgehead atoms. The summed E-state index contributed by atoms with van der Waals surface area (Å²) in [5, 5.41) is 3.22.